The molecule has 0 saturated carbocycles. The van der Waals surface area contributed by atoms with Crippen molar-refractivity contribution in [2.45, 2.75) is 26.2 Å². The van der Waals surface area contributed by atoms with Gasteiger partial charge in [0, 0.05) is 17.3 Å². The first kappa shape index (κ1) is 20.3. The average molecular weight is 382 g/mol. The number of nitrogens with one attached hydrogen (secondary N) is 2. The summed E-state index contributed by atoms with van der Waals surface area (Å²) in [6, 6.07) is 14.5. The Morgan fingerprint density at radius 1 is 1.07 bits per heavy atom. The molecule has 2 aromatic carbocycles. The monoisotopic (exact) mass is 382 g/mol. The van der Waals surface area contributed by atoms with Gasteiger partial charge < -0.3 is 10.4 Å². The third-order valence-corrected chi connectivity index (χ3v) is 4.01. The second-order valence-corrected chi connectivity index (χ2v) is 7.44. The normalized spacial score (nSPS) is 11.2. The minimum absolute atomic E-state index is 0.0198. The third-order valence-electron chi connectivity index (χ3n) is 3.80. The van der Waals surface area contributed by atoms with Gasteiger partial charge in [0.05, 0.1) is 0 Å². The van der Waals surface area contributed by atoms with Gasteiger partial charge in [-0.2, -0.15) is 0 Å². The number of carbonyl (C=O) groups excluding carboxylic acids is 1. The molecule has 0 radical (unpaired) electrons. The first-order chi connectivity index (χ1) is 12.6. The minimum atomic E-state index is -1.02. The van der Waals surface area contributed by atoms with E-state index in [1.807, 2.05) is 12.1 Å². The van der Waals surface area contributed by atoms with E-state index in [4.69, 9.17) is 17.3 Å². The number of carboxylic acids is 1. The molecular weight excluding hydrogens is 360 g/mol. The Morgan fingerprint density at radius 2 is 1.74 bits per heavy atom. The SMILES string of the molecule is CC(C)(C)c1ccc(C(=O)NC(=S)Nc2cccc(/C=C/C(=O)O)c2)cc1. The van der Waals surface area contributed by atoms with Crippen LogP contribution in [0.5, 0.6) is 0 Å². The molecule has 0 heterocycles. The van der Waals surface area contributed by atoms with Crippen molar-refractivity contribution in [1.29, 1.82) is 0 Å². The van der Waals surface area contributed by atoms with Gasteiger partial charge >= 0.3 is 5.97 Å². The first-order valence-corrected chi connectivity index (χ1v) is 8.80. The Labute approximate surface area is 164 Å². The highest BCUT2D eigenvalue weighted by atomic mass is 32.1. The molecular formula is C21H22N2O3S. The molecule has 0 aromatic heterocycles. The van der Waals surface area contributed by atoms with E-state index >= 15 is 0 Å². The van der Waals surface area contributed by atoms with E-state index in [0.717, 1.165) is 11.6 Å². The van der Waals surface area contributed by atoms with Gasteiger partial charge in [-0.1, -0.05) is 45.0 Å². The van der Waals surface area contributed by atoms with Crippen molar-refractivity contribution < 1.29 is 14.7 Å². The summed E-state index contributed by atoms with van der Waals surface area (Å²) in [5.74, 6) is -1.32. The van der Waals surface area contributed by atoms with Crippen LogP contribution < -0.4 is 10.6 Å². The predicted octanol–water partition coefficient (Wildman–Crippen LogP) is 4.21. The van der Waals surface area contributed by atoms with E-state index < -0.39 is 5.97 Å². The number of rotatable bonds is 4. The van der Waals surface area contributed by atoms with Crippen LogP contribution in [0.25, 0.3) is 6.08 Å². The van der Waals surface area contributed by atoms with Crippen molar-refractivity contribution in [3.05, 3.63) is 71.3 Å². The van der Waals surface area contributed by atoms with Gasteiger partial charge in [-0.05, 0) is 59.1 Å². The second-order valence-electron chi connectivity index (χ2n) is 7.03. The van der Waals surface area contributed by atoms with Crippen LogP contribution in [0.15, 0.2) is 54.6 Å². The molecule has 0 fully saturated rings. The van der Waals surface area contributed by atoms with Crippen LogP contribution in [-0.2, 0) is 10.2 Å². The van der Waals surface area contributed by atoms with E-state index in [0.29, 0.717) is 16.8 Å². The molecule has 3 N–H and O–H groups in total. The largest absolute Gasteiger partial charge is 0.478 e. The highest BCUT2D eigenvalue weighted by molar-refractivity contribution is 7.80. The van der Waals surface area contributed by atoms with Crippen LogP contribution in [0.2, 0.25) is 0 Å². The molecule has 0 aliphatic heterocycles. The summed E-state index contributed by atoms with van der Waals surface area (Å²) < 4.78 is 0. The lowest BCUT2D eigenvalue weighted by molar-refractivity contribution is -0.131. The van der Waals surface area contributed by atoms with Gasteiger partial charge in [0.15, 0.2) is 5.11 Å². The standard InChI is InChI=1S/C21H22N2O3S/c1-21(2,3)16-10-8-15(9-11-16)19(26)23-20(27)22-17-6-4-5-14(13-17)7-12-18(24)25/h4-13H,1-3H3,(H,24,25)(H2,22,23,26,27)/b12-7+. The maximum Gasteiger partial charge on any atom is 0.328 e. The van der Waals surface area contributed by atoms with E-state index in [-0.39, 0.29) is 16.4 Å². The first-order valence-electron chi connectivity index (χ1n) is 8.39. The summed E-state index contributed by atoms with van der Waals surface area (Å²) in [7, 11) is 0. The van der Waals surface area contributed by atoms with Gasteiger partial charge in [-0.15, -0.1) is 0 Å². The molecule has 2 rings (SSSR count). The number of hydrogen-bond donors (Lipinski definition) is 3. The number of anilines is 1. The molecule has 6 heteroatoms. The van der Waals surface area contributed by atoms with Gasteiger partial charge in [-0.3, -0.25) is 10.1 Å². The van der Waals surface area contributed by atoms with Crippen molar-refractivity contribution in [2.24, 2.45) is 0 Å². The molecule has 0 unspecified atom stereocenters. The van der Waals surface area contributed by atoms with Crippen molar-refractivity contribution >= 4 is 41.0 Å². The molecule has 1 amide bonds. The van der Waals surface area contributed by atoms with Crippen LogP contribution in [0, 0.1) is 0 Å². The molecule has 0 atom stereocenters. The topological polar surface area (TPSA) is 78.4 Å². The van der Waals surface area contributed by atoms with Crippen molar-refractivity contribution in [2.75, 3.05) is 5.32 Å². The van der Waals surface area contributed by atoms with Crippen LogP contribution in [0.1, 0.15) is 42.3 Å². The zero-order chi connectivity index (χ0) is 20.0. The summed E-state index contributed by atoms with van der Waals surface area (Å²) in [4.78, 5) is 22.9. The van der Waals surface area contributed by atoms with Crippen molar-refractivity contribution in [3.8, 4) is 0 Å². The summed E-state index contributed by atoms with van der Waals surface area (Å²) >= 11 is 5.19. The smallest absolute Gasteiger partial charge is 0.328 e. The summed E-state index contributed by atoms with van der Waals surface area (Å²) in [5, 5.41) is 14.4. The molecule has 0 aliphatic carbocycles. The molecule has 5 nitrogen and oxygen atoms in total. The summed E-state index contributed by atoms with van der Waals surface area (Å²) in [6.45, 7) is 6.34. The van der Waals surface area contributed by atoms with E-state index in [2.05, 4.69) is 31.4 Å². The highest BCUT2D eigenvalue weighted by Gasteiger charge is 2.14. The lowest BCUT2D eigenvalue weighted by Crippen LogP contribution is -2.34. The van der Waals surface area contributed by atoms with Gasteiger partial charge in [-0.25, -0.2) is 4.79 Å². The number of carboxylic acid groups (broad SMARTS) is 1. The Kier molecular flexibility index (Phi) is 6.47. The number of thiocarbonyl (C=S) groups is 1. The molecule has 0 saturated heterocycles. The van der Waals surface area contributed by atoms with E-state index in [1.165, 1.54) is 6.08 Å². The third kappa shape index (κ3) is 6.34. The molecule has 0 spiro atoms. The fourth-order valence-corrected chi connectivity index (χ4v) is 2.56. The predicted molar refractivity (Wildman–Crippen MR) is 112 cm³/mol. The zero-order valence-corrected chi connectivity index (χ0v) is 16.3. The summed E-state index contributed by atoms with van der Waals surface area (Å²) in [5.41, 5.74) is 3.04. The molecule has 0 bridgehead atoms. The number of carbonyl (C=O) groups is 2. The van der Waals surface area contributed by atoms with Crippen LogP contribution in [-0.4, -0.2) is 22.1 Å². The second kappa shape index (κ2) is 8.60. The number of benzene rings is 2. The Balaban J connectivity index is 2.00. The average Bonchev–Trinajstić information content (AvgIpc) is 2.59. The Hall–Kier alpha value is -2.99. The number of aliphatic carboxylic acids is 1. The van der Waals surface area contributed by atoms with Gasteiger partial charge in [0.25, 0.3) is 5.91 Å². The van der Waals surface area contributed by atoms with E-state index in [9.17, 15) is 9.59 Å². The van der Waals surface area contributed by atoms with Crippen molar-refractivity contribution in [3.63, 3.8) is 0 Å². The van der Waals surface area contributed by atoms with Gasteiger partial charge in [0.1, 0.15) is 0 Å². The highest BCUT2D eigenvalue weighted by Crippen LogP contribution is 2.22. The van der Waals surface area contributed by atoms with Crippen LogP contribution in [0.4, 0.5) is 5.69 Å². The maximum atomic E-state index is 12.3. The Morgan fingerprint density at radius 3 is 2.33 bits per heavy atom. The van der Waals surface area contributed by atoms with Crippen LogP contribution in [0.3, 0.4) is 0 Å². The minimum Gasteiger partial charge on any atom is -0.478 e. The zero-order valence-electron chi connectivity index (χ0n) is 15.4. The molecule has 2 aromatic rings. The maximum absolute atomic E-state index is 12.3. The van der Waals surface area contributed by atoms with Gasteiger partial charge in [0.2, 0.25) is 0 Å². The quantitative estimate of drug-likeness (QED) is 0.545. The molecule has 0 aliphatic rings. The van der Waals surface area contributed by atoms with E-state index in [1.54, 1.807) is 36.4 Å². The number of hydrogen-bond acceptors (Lipinski definition) is 3. The Bertz CT molecular complexity index is 881. The van der Waals surface area contributed by atoms with Crippen LogP contribution >= 0.6 is 12.2 Å². The lowest BCUT2D eigenvalue weighted by atomic mass is 9.87. The molecule has 27 heavy (non-hydrogen) atoms. The molecule has 140 valence electrons. The number of amides is 1. The summed E-state index contributed by atoms with van der Waals surface area (Å²) in [6.07, 6.45) is 2.53. The fourth-order valence-electron chi connectivity index (χ4n) is 2.35. The fraction of sp³-hybridized carbons (Fsp3) is 0.190. The lowest BCUT2D eigenvalue weighted by Gasteiger charge is -2.19. The van der Waals surface area contributed by atoms with Crippen molar-refractivity contribution in [1.82, 2.24) is 5.32 Å².